The zero-order valence-electron chi connectivity index (χ0n) is 17.0. The number of phenolic OH excluding ortho intramolecular Hbond substituents is 1. The summed E-state index contributed by atoms with van der Waals surface area (Å²) < 4.78 is 16.0. The molecule has 32 heavy (non-hydrogen) atoms. The smallest absolute Gasteiger partial charge is 0.551 e. The molecule has 1 saturated heterocycles. The number of ketones is 1. The Kier molecular flexibility index (Phi) is 9.60. The molecule has 0 spiro atoms. The molecule has 0 bridgehead atoms. The number of phenols is 1. The number of likely N-dealkylation sites (N-methyl/N-ethyl adjacent to an activating group) is 1. The topological polar surface area (TPSA) is 128 Å². The SMILES string of the molecule is CN1CCC(c2[c-]c(C(=O)C=[C-]c3ccccc3Cl)c(OP(=O)(O)O)cc2O)[C@H](O)C1.[U+2]. The van der Waals surface area contributed by atoms with Gasteiger partial charge in [-0.05, 0) is 31.0 Å². The van der Waals surface area contributed by atoms with E-state index in [0.717, 1.165) is 12.1 Å². The van der Waals surface area contributed by atoms with Gasteiger partial charge in [0.05, 0.1) is 17.6 Å². The van der Waals surface area contributed by atoms with Crippen LogP contribution in [0.2, 0.25) is 5.02 Å². The minimum atomic E-state index is -5.02. The second-order valence-electron chi connectivity index (χ2n) is 7.25. The van der Waals surface area contributed by atoms with Gasteiger partial charge in [0.1, 0.15) is 0 Å². The summed E-state index contributed by atoms with van der Waals surface area (Å²) in [5.74, 6) is -2.14. The molecule has 4 N–H and O–H groups in total. The summed E-state index contributed by atoms with van der Waals surface area (Å²) in [4.78, 5) is 33.2. The molecular weight excluding hydrogens is 683 g/mol. The van der Waals surface area contributed by atoms with Gasteiger partial charge >= 0.3 is 38.9 Å². The first kappa shape index (κ1) is 27.1. The molecule has 2 atom stereocenters. The maximum atomic E-state index is 12.8. The molecule has 3 rings (SSSR count). The maximum absolute atomic E-state index is 12.8. The molecule has 8 nitrogen and oxygen atoms in total. The van der Waals surface area contributed by atoms with Gasteiger partial charge in [0.2, 0.25) is 0 Å². The zero-order valence-corrected chi connectivity index (χ0v) is 22.8. The molecule has 0 saturated carbocycles. The van der Waals surface area contributed by atoms with Crippen LogP contribution >= 0.6 is 19.4 Å². The number of carbonyl (C=O) groups is 1. The number of nitrogens with zero attached hydrogens (tertiary/aromatic N) is 1. The van der Waals surface area contributed by atoms with Crippen molar-refractivity contribution in [3.05, 3.63) is 70.3 Å². The van der Waals surface area contributed by atoms with Gasteiger partial charge in [0.25, 0.3) is 0 Å². The maximum Gasteiger partial charge on any atom is 2.00 e. The third kappa shape index (κ3) is 6.93. The molecule has 168 valence electrons. The number of aliphatic hydroxyl groups excluding tert-OH is 1. The molecule has 11 heteroatoms. The fraction of sp³-hybridized carbons (Fsp3) is 0.286. The Morgan fingerprint density at radius 2 is 2.06 bits per heavy atom. The molecule has 1 unspecified atom stereocenters. The number of phosphoric ester groups is 1. The first-order valence-electron chi connectivity index (χ1n) is 9.34. The Hall–Kier alpha value is -1.14. The van der Waals surface area contributed by atoms with E-state index < -0.39 is 31.4 Å². The van der Waals surface area contributed by atoms with Gasteiger partial charge in [-0.25, -0.2) is 4.57 Å². The summed E-state index contributed by atoms with van der Waals surface area (Å²) >= 11 is 6.05. The van der Waals surface area contributed by atoms with Crippen LogP contribution in [0.1, 0.15) is 33.8 Å². The number of aliphatic hydroxyl groups is 1. The largest absolute Gasteiger partial charge is 2.00 e. The summed E-state index contributed by atoms with van der Waals surface area (Å²) in [7, 11) is -3.17. The predicted molar refractivity (Wildman–Crippen MR) is 113 cm³/mol. The molecule has 2 aromatic rings. The van der Waals surface area contributed by atoms with Crippen LogP contribution in [0.25, 0.3) is 0 Å². The number of carbonyl (C=O) groups excluding carboxylic acids is 1. The number of hydrogen-bond donors (Lipinski definition) is 4. The Bertz CT molecular complexity index is 1060. The van der Waals surface area contributed by atoms with E-state index in [0.29, 0.717) is 30.1 Å². The van der Waals surface area contributed by atoms with E-state index in [2.05, 4.69) is 16.7 Å². The summed E-state index contributed by atoms with van der Waals surface area (Å²) in [5.41, 5.74) is 0.315. The molecule has 1 heterocycles. The second kappa shape index (κ2) is 11.3. The molecule has 1 aliphatic heterocycles. The van der Waals surface area contributed by atoms with Crippen molar-refractivity contribution in [2.45, 2.75) is 18.4 Å². The molecular formula is C21H21ClNO7PU. The molecule has 0 aromatic heterocycles. The van der Waals surface area contributed by atoms with Crippen LogP contribution in [-0.2, 0) is 4.57 Å². The third-order valence-corrected chi connectivity index (χ3v) is 5.67. The standard InChI is InChI=1S/C21H21ClNO7P.U/c1-23-9-8-14(20(26)12-23)15-10-16(21(11-19(15)25)30-31(27,28)29)18(24)7-6-13-4-2-3-5-17(13)22;/h2-5,7,11,14,20,25-26H,8-9,12H2,1H3,(H2,27,28,29);/q-2;+2/t14?,20-;/m1./s1. The minimum absolute atomic E-state index is 0. The molecule has 1 aliphatic rings. The Balaban J connectivity index is 0.00000363. The van der Waals surface area contributed by atoms with Crippen molar-refractivity contribution in [2.75, 3.05) is 20.1 Å². The van der Waals surface area contributed by atoms with E-state index in [1.807, 2.05) is 11.9 Å². The number of benzene rings is 2. The normalized spacial score (nSPS) is 19.5. The first-order chi connectivity index (χ1) is 14.5. The van der Waals surface area contributed by atoms with Crippen LogP contribution in [0.3, 0.4) is 0 Å². The molecule has 0 aliphatic carbocycles. The number of β-amino-alcohol motifs (C(OH)–C–C–N with tert-alkyl or cyclic N) is 1. The molecule has 2 aromatic carbocycles. The van der Waals surface area contributed by atoms with E-state index in [4.69, 9.17) is 11.6 Å². The fourth-order valence-corrected chi connectivity index (χ4v) is 4.01. The molecule has 0 radical (unpaired) electrons. The van der Waals surface area contributed by atoms with Gasteiger partial charge < -0.3 is 24.4 Å². The third-order valence-electron chi connectivity index (χ3n) is 4.90. The van der Waals surface area contributed by atoms with Crippen LogP contribution in [0.15, 0.2) is 36.4 Å². The van der Waals surface area contributed by atoms with Gasteiger partial charge in [-0.1, -0.05) is 29.3 Å². The van der Waals surface area contributed by atoms with Crippen LogP contribution in [0.4, 0.5) is 0 Å². The van der Waals surface area contributed by atoms with E-state index in [1.54, 1.807) is 24.3 Å². The number of phosphoric acid groups is 1. The quantitative estimate of drug-likeness (QED) is 0.157. The average Bonchev–Trinajstić information content (AvgIpc) is 2.67. The zero-order chi connectivity index (χ0) is 22.8. The van der Waals surface area contributed by atoms with Crippen molar-refractivity contribution in [1.29, 1.82) is 0 Å². The molecule has 1 fully saturated rings. The van der Waals surface area contributed by atoms with Gasteiger partial charge in [-0.3, -0.25) is 9.79 Å². The van der Waals surface area contributed by atoms with Crippen LogP contribution < -0.4 is 4.52 Å². The average molecular weight is 704 g/mol. The summed E-state index contributed by atoms with van der Waals surface area (Å²) in [5, 5.41) is 21.2. The van der Waals surface area contributed by atoms with Crippen molar-refractivity contribution >= 4 is 25.2 Å². The van der Waals surface area contributed by atoms with Crippen molar-refractivity contribution in [1.82, 2.24) is 4.90 Å². The second-order valence-corrected chi connectivity index (χ2v) is 8.82. The predicted octanol–water partition coefficient (Wildman–Crippen LogP) is 2.69. The first-order valence-corrected chi connectivity index (χ1v) is 11.3. The number of aromatic hydroxyl groups is 1. The number of piperidine rings is 1. The fourth-order valence-electron chi connectivity index (χ4n) is 3.42. The van der Waals surface area contributed by atoms with Crippen LogP contribution in [0, 0.1) is 43.3 Å². The van der Waals surface area contributed by atoms with E-state index in [-0.39, 0.29) is 48.0 Å². The van der Waals surface area contributed by atoms with Crippen molar-refractivity contribution in [2.24, 2.45) is 0 Å². The number of likely N-dealkylation sites (tertiary alicyclic amines) is 1. The van der Waals surface area contributed by atoms with Crippen LogP contribution in [-0.4, -0.2) is 56.9 Å². The van der Waals surface area contributed by atoms with Gasteiger partial charge in [-0.15, -0.1) is 47.5 Å². The van der Waals surface area contributed by atoms with Crippen molar-refractivity contribution in [3.8, 4) is 11.5 Å². The van der Waals surface area contributed by atoms with Crippen molar-refractivity contribution < 1.29 is 65.0 Å². The Labute approximate surface area is 214 Å². The van der Waals surface area contributed by atoms with Crippen molar-refractivity contribution in [3.63, 3.8) is 0 Å². The van der Waals surface area contributed by atoms with E-state index in [9.17, 15) is 29.4 Å². The van der Waals surface area contributed by atoms with E-state index >= 15 is 0 Å². The minimum Gasteiger partial charge on any atom is -0.551 e. The van der Waals surface area contributed by atoms with Crippen LogP contribution in [0.5, 0.6) is 11.5 Å². The summed E-state index contributed by atoms with van der Waals surface area (Å²) in [6, 6.07) is 10.4. The number of hydrogen-bond acceptors (Lipinski definition) is 6. The number of halogens is 1. The Morgan fingerprint density at radius 3 is 2.69 bits per heavy atom. The van der Waals surface area contributed by atoms with Gasteiger partial charge in [-0.2, -0.15) is 0 Å². The van der Waals surface area contributed by atoms with E-state index in [1.165, 1.54) is 0 Å². The summed E-state index contributed by atoms with van der Waals surface area (Å²) in [6.07, 6.45) is 3.46. The molecule has 0 amide bonds. The Morgan fingerprint density at radius 1 is 1.38 bits per heavy atom. The monoisotopic (exact) mass is 703 g/mol. The van der Waals surface area contributed by atoms with Gasteiger partial charge in [0.15, 0.2) is 0 Å². The number of rotatable bonds is 6. The summed E-state index contributed by atoms with van der Waals surface area (Å²) in [6.45, 7) is 1.02. The number of allylic oxidation sites excluding steroid dienone is 1. The van der Waals surface area contributed by atoms with Gasteiger partial charge in [0, 0.05) is 12.3 Å².